The normalized spacial score (nSPS) is 13.2. The number of hydrogen-bond donors (Lipinski definition) is 3. The summed E-state index contributed by atoms with van der Waals surface area (Å²) in [7, 11) is 3.83. The highest BCUT2D eigenvalue weighted by Crippen LogP contribution is 2.09. The van der Waals surface area contributed by atoms with Gasteiger partial charge in [-0.2, -0.15) is 0 Å². The molecule has 0 aromatic rings. The van der Waals surface area contributed by atoms with Crippen molar-refractivity contribution in [3.05, 3.63) is 0 Å². The Bertz CT molecular complexity index is 414. The second kappa shape index (κ2) is 9.71. The fourth-order valence-corrected chi connectivity index (χ4v) is 1.76. The monoisotopic (exact) mass is 343 g/mol. The third kappa shape index (κ3) is 11.1. The van der Waals surface area contributed by atoms with Crippen molar-refractivity contribution in [1.29, 1.82) is 0 Å². The van der Waals surface area contributed by atoms with Crippen molar-refractivity contribution < 1.29 is 9.53 Å². The Morgan fingerprint density at radius 2 is 1.75 bits per heavy atom. The Morgan fingerprint density at radius 3 is 2.21 bits per heavy atom. The van der Waals surface area contributed by atoms with Gasteiger partial charge >= 0.3 is 6.09 Å². The van der Waals surface area contributed by atoms with Crippen LogP contribution in [0.1, 0.15) is 48.5 Å². The highest BCUT2D eigenvalue weighted by molar-refractivity contribution is 5.79. The smallest absolute Gasteiger partial charge is 0.408 e. The van der Waals surface area contributed by atoms with Crippen molar-refractivity contribution in [1.82, 2.24) is 20.9 Å². The summed E-state index contributed by atoms with van der Waals surface area (Å²) in [5.41, 5.74) is -0.970. The summed E-state index contributed by atoms with van der Waals surface area (Å²) in [5.74, 6) is 0.714. The number of likely N-dealkylation sites (N-methyl/N-ethyl adjacent to an activating group) is 1. The van der Waals surface area contributed by atoms with E-state index in [0.29, 0.717) is 18.5 Å². The summed E-state index contributed by atoms with van der Waals surface area (Å²) >= 11 is 0. The Labute approximate surface area is 147 Å². The van der Waals surface area contributed by atoms with E-state index in [1.54, 1.807) is 7.05 Å². The van der Waals surface area contributed by atoms with E-state index in [0.717, 1.165) is 13.1 Å². The average Bonchev–Trinajstić information content (AvgIpc) is 2.39. The summed E-state index contributed by atoms with van der Waals surface area (Å²) in [6.07, 6.45) is -0.421. The Morgan fingerprint density at radius 1 is 1.17 bits per heavy atom. The fraction of sp³-hybridized carbons (Fsp3) is 0.882. The molecule has 0 radical (unpaired) electrons. The summed E-state index contributed by atoms with van der Waals surface area (Å²) < 4.78 is 5.29. The zero-order valence-corrected chi connectivity index (χ0v) is 16.9. The minimum atomic E-state index is -0.506. The molecule has 0 bridgehead atoms. The fourth-order valence-electron chi connectivity index (χ4n) is 1.76. The van der Waals surface area contributed by atoms with Gasteiger partial charge in [0.25, 0.3) is 0 Å². The van der Waals surface area contributed by atoms with Gasteiger partial charge in [0.2, 0.25) is 0 Å². The van der Waals surface area contributed by atoms with E-state index in [-0.39, 0.29) is 0 Å². The second-order valence-corrected chi connectivity index (χ2v) is 7.94. The van der Waals surface area contributed by atoms with Crippen LogP contribution in [0.3, 0.4) is 0 Å². The van der Waals surface area contributed by atoms with E-state index in [2.05, 4.69) is 46.7 Å². The summed E-state index contributed by atoms with van der Waals surface area (Å²) in [4.78, 5) is 18.3. The van der Waals surface area contributed by atoms with Crippen LogP contribution in [0.15, 0.2) is 4.99 Å². The number of aliphatic imine (C=N–C) groups is 1. The molecule has 0 fully saturated rings. The Balaban J connectivity index is 4.28. The molecule has 0 unspecified atom stereocenters. The SMILES string of the molecule is CN=C(NCCN(C)C(C)C)NCC(C)(C)NC(=O)OC(C)(C)C. The molecule has 24 heavy (non-hydrogen) atoms. The largest absolute Gasteiger partial charge is 0.444 e. The molecule has 0 aliphatic carbocycles. The van der Waals surface area contributed by atoms with Crippen molar-refractivity contribution >= 4 is 12.1 Å². The molecule has 1 amide bonds. The molecule has 3 N–H and O–H groups in total. The van der Waals surface area contributed by atoms with Crippen molar-refractivity contribution in [2.45, 2.75) is 65.6 Å². The zero-order valence-electron chi connectivity index (χ0n) is 16.9. The predicted octanol–water partition coefficient (Wildman–Crippen LogP) is 1.79. The Hall–Kier alpha value is -1.50. The van der Waals surface area contributed by atoms with Gasteiger partial charge in [-0.25, -0.2) is 4.79 Å². The standard InChI is InChI=1S/C17H37N5O2/c1-13(2)22(9)11-10-19-14(18-8)20-12-17(6,7)21-15(23)24-16(3,4)5/h13H,10-12H2,1-9H3,(H,21,23)(H2,18,19,20). The van der Waals surface area contributed by atoms with Crippen molar-refractivity contribution in [3.63, 3.8) is 0 Å². The summed E-state index contributed by atoms with van der Waals surface area (Å²) in [6, 6.07) is 0.513. The molecule has 7 heteroatoms. The molecule has 7 nitrogen and oxygen atoms in total. The molecule has 0 saturated carbocycles. The average molecular weight is 344 g/mol. The quantitative estimate of drug-likeness (QED) is 0.485. The molecular formula is C17H37N5O2. The first-order valence-electron chi connectivity index (χ1n) is 8.52. The highest BCUT2D eigenvalue weighted by Gasteiger charge is 2.24. The van der Waals surface area contributed by atoms with Crippen LogP contribution in [-0.2, 0) is 4.74 Å². The van der Waals surface area contributed by atoms with E-state index >= 15 is 0 Å². The number of rotatable bonds is 7. The predicted molar refractivity (Wildman–Crippen MR) is 101 cm³/mol. The molecule has 0 atom stereocenters. The maximum atomic E-state index is 11.9. The van der Waals surface area contributed by atoms with Crippen molar-refractivity contribution in [2.75, 3.05) is 33.7 Å². The van der Waals surface area contributed by atoms with Gasteiger partial charge in [-0.1, -0.05) is 0 Å². The van der Waals surface area contributed by atoms with Gasteiger partial charge in [0.1, 0.15) is 5.60 Å². The van der Waals surface area contributed by atoms with Gasteiger partial charge in [-0.05, 0) is 55.5 Å². The lowest BCUT2D eigenvalue weighted by atomic mass is 10.1. The van der Waals surface area contributed by atoms with Gasteiger partial charge in [0.05, 0.1) is 5.54 Å². The van der Waals surface area contributed by atoms with Crippen LogP contribution in [0.4, 0.5) is 4.79 Å². The van der Waals surface area contributed by atoms with E-state index in [1.165, 1.54) is 0 Å². The molecule has 142 valence electrons. The number of carbonyl (C=O) groups is 1. The van der Waals surface area contributed by atoms with E-state index in [4.69, 9.17) is 4.74 Å². The molecule has 0 spiro atoms. The number of nitrogens with zero attached hydrogens (tertiary/aromatic N) is 2. The lowest BCUT2D eigenvalue weighted by Gasteiger charge is -2.29. The van der Waals surface area contributed by atoms with Crippen LogP contribution in [0, 0.1) is 0 Å². The van der Waals surface area contributed by atoms with E-state index in [9.17, 15) is 4.79 Å². The molecule has 0 aromatic carbocycles. The van der Waals surface area contributed by atoms with Crippen molar-refractivity contribution in [2.24, 2.45) is 4.99 Å². The van der Waals surface area contributed by atoms with Crippen LogP contribution in [0.2, 0.25) is 0 Å². The first kappa shape index (κ1) is 22.5. The van der Waals surface area contributed by atoms with E-state index in [1.807, 2.05) is 34.6 Å². The van der Waals surface area contributed by atoms with Gasteiger partial charge in [0.15, 0.2) is 5.96 Å². The van der Waals surface area contributed by atoms with E-state index < -0.39 is 17.2 Å². The minimum Gasteiger partial charge on any atom is -0.444 e. The maximum Gasteiger partial charge on any atom is 0.408 e. The number of amides is 1. The molecule has 0 saturated heterocycles. The molecule has 0 aliphatic heterocycles. The van der Waals surface area contributed by atoms with Gasteiger partial charge in [-0.15, -0.1) is 0 Å². The summed E-state index contributed by atoms with van der Waals surface area (Å²) in [5, 5.41) is 9.37. The Kier molecular flexibility index (Phi) is 9.11. The highest BCUT2D eigenvalue weighted by atomic mass is 16.6. The second-order valence-electron chi connectivity index (χ2n) is 7.94. The molecule has 0 aromatic heterocycles. The van der Waals surface area contributed by atoms with Crippen LogP contribution in [0.5, 0.6) is 0 Å². The molecule has 0 rings (SSSR count). The van der Waals surface area contributed by atoms with Gasteiger partial charge in [0, 0.05) is 32.7 Å². The third-order valence-corrected chi connectivity index (χ3v) is 3.40. The molecule has 0 heterocycles. The number of hydrogen-bond acceptors (Lipinski definition) is 4. The zero-order chi connectivity index (χ0) is 19.0. The number of ether oxygens (including phenoxy) is 1. The number of guanidine groups is 1. The van der Waals surface area contributed by atoms with Crippen LogP contribution in [-0.4, -0.2) is 67.9 Å². The molecule has 0 aliphatic rings. The first-order valence-corrected chi connectivity index (χ1v) is 8.52. The number of nitrogens with one attached hydrogen (secondary N) is 3. The lowest BCUT2D eigenvalue weighted by Crippen LogP contribution is -2.54. The van der Waals surface area contributed by atoms with Crippen LogP contribution < -0.4 is 16.0 Å². The van der Waals surface area contributed by atoms with Gasteiger partial charge in [-0.3, -0.25) is 4.99 Å². The number of alkyl carbamates (subject to hydrolysis) is 1. The minimum absolute atomic E-state index is 0.421. The lowest BCUT2D eigenvalue weighted by molar-refractivity contribution is 0.0474. The summed E-state index contributed by atoms with van der Waals surface area (Å²) in [6.45, 7) is 16.0. The first-order chi connectivity index (χ1) is 10.9. The van der Waals surface area contributed by atoms with Gasteiger partial charge < -0.3 is 25.6 Å². The third-order valence-electron chi connectivity index (χ3n) is 3.40. The molecular weight excluding hydrogens is 306 g/mol. The topological polar surface area (TPSA) is 78.0 Å². The van der Waals surface area contributed by atoms with Crippen LogP contribution in [0.25, 0.3) is 0 Å². The van der Waals surface area contributed by atoms with Crippen LogP contribution >= 0.6 is 0 Å². The maximum absolute atomic E-state index is 11.9. The van der Waals surface area contributed by atoms with Crippen molar-refractivity contribution in [3.8, 4) is 0 Å². The number of carbonyl (C=O) groups excluding carboxylic acids is 1.